The third-order valence-corrected chi connectivity index (χ3v) is 16.3. The fraction of sp³-hybridized carbons (Fsp3) is 1.00. The molecule has 0 aliphatic carbocycles. The van der Waals surface area contributed by atoms with Gasteiger partial charge in [0.05, 0.1) is 43.1 Å². The van der Waals surface area contributed by atoms with Crippen molar-refractivity contribution in [1.29, 1.82) is 0 Å². The number of halogens is 28. The molecule has 504 valence electrons. The van der Waals surface area contributed by atoms with E-state index in [9.17, 15) is 162 Å². The molecule has 0 rings (SSSR count). The molecular weight excluding hydrogens is 1330 g/mol. The predicted molar refractivity (Wildman–Crippen MR) is 230 cm³/mol. The Balaban J connectivity index is -0.00000150. The van der Waals surface area contributed by atoms with Crippen LogP contribution in [0.15, 0.2) is 0 Å². The van der Waals surface area contributed by atoms with Gasteiger partial charge in [0.25, 0.3) is 22.7 Å². The number of sulfonamides is 4. The summed E-state index contributed by atoms with van der Waals surface area (Å²) in [5.41, 5.74) is -23.1. The number of hydrogen-bond acceptors (Lipinski definition) is 12. The van der Waals surface area contributed by atoms with E-state index in [1.165, 1.54) is 11.9 Å². The predicted octanol–water partition coefficient (Wildman–Crippen LogP) is 8.00. The first-order valence-corrected chi connectivity index (χ1v) is 28.6. The number of nitrogens with one attached hydrogen (secondary N) is 4. The van der Waals surface area contributed by atoms with Crippen molar-refractivity contribution < 1.29 is 172 Å². The third kappa shape index (κ3) is 27.6. The summed E-state index contributed by atoms with van der Waals surface area (Å²) in [5, 5.41) is 24.3. The summed E-state index contributed by atoms with van der Waals surface area (Å²) in [5.74, 6) is -7.51. The lowest BCUT2D eigenvalue weighted by Crippen LogP contribution is -2.54. The number of hydrogen-bond donors (Lipinski definition) is 6. The molecule has 0 aromatic carbocycles. The molecule has 6 N–H and O–H groups in total. The van der Waals surface area contributed by atoms with Crippen molar-refractivity contribution in [2.75, 3.05) is 89.5 Å². The molecule has 0 aliphatic rings. The summed E-state index contributed by atoms with van der Waals surface area (Å²) in [6, 6.07) is 0. The van der Waals surface area contributed by atoms with Crippen LogP contribution in [0.1, 0.15) is 51.4 Å². The molecule has 49 heteroatoms. The van der Waals surface area contributed by atoms with Crippen molar-refractivity contribution in [1.82, 2.24) is 23.8 Å². The maximum atomic E-state index is 13.6. The van der Waals surface area contributed by atoms with Crippen LogP contribution in [0.5, 0.6) is 0 Å². The van der Waals surface area contributed by atoms with E-state index in [1.54, 1.807) is 18.9 Å². The van der Waals surface area contributed by atoms with E-state index in [4.69, 9.17) is 10.5 Å². The Bertz CT molecular complexity index is 2180. The maximum Gasteiger partial charge on any atom is 0.431 e. The number of alkyl halides is 28. The second-order valence-electron chi connectivity index (χ2n) is 17.5. The fourth-order valence-corrected chi connectivity index (χ4v) is 10.4. The molecule has 0 amide bonds. The van der Waals surface area contributed by atoms with Gasteiger partial charge in [-0.25, -0.2) is 70.1 Å². The first-order chi connectivity index (χ1) is 36.3. The molecule has 83 heavy (non-hydrogen) atoms. The number of quaternary nitrogens is 1. The van der Waals surface area contributed by atoms with Crippen molar-refractivity contribution in [3.05, 3.63) is 5.21 Å². The van der Waals surface area contributed by atoms with E-state index in [-0.39, 0.29) is 38.8 Å². The van der Waals surface area contributed by atoms with Crippen molar-refractivity contribution in [2.24, 2.45) is 0 Å². The minimum absolute atomic E-state index is 0.00889. The molecule has 0 aliphatic heterocycles. The SMILES string of the molecule is CN(CCCNS(=O)(=O)CCC(F)(C(F)(F)F)C(F)(F)F)CCCNS(=O)(=O)CCC(F)(C(F)(F)F)C(F)(F)F.C[N+]([O-])(CCCNS(=O)(=O)CCC(F)(C(F)(F)F)C(F)(F)F)CCCNS(=O)(=O)CCC(F)(C(F)(F)F)C(F)(F)F.OO. The number of hydroxylamine groups is 3. The highest BCUT2D eigenvalue weighted by molar-refractivity contribution is 7.90. The molecule has 0 aromatic heterocycles. The van der Waals surface area contributed by atoms with Gasteiger partial charge in [0.15, 0.2) is 0 Å². The molecule has 0 bridgehead atoms. The van der Waals surface area contributed by atoms with Gasteiger partial charge in [-0.15, -0.1) is 0 Å². The first kappa shape index (κ1) is 84.7. The summed E-state index contributed by atoms with van der Waals surface area (Å²) in [4.78, 5) is 1.41. The zero-order valence-electron chi connectivity index (χ0n) is 41.8. The van der Waals surface area contributed by atoms with Gasteiger partial charge in [-0.2, -0.15) is 105 Å². The molecule has 0 unspecified atom stereocenters. The zero-order valence-corrected chi connectivity index (χ0v) is 45.1. The Morgan fingerprint density at radius 2 is 0.506 bits per heavy atom. The van der Waals surface area contributed by atoms with Crippen molar-refractivity contribution in [2.45, 2.75) is 123 Å². The van der Waals surface area contributed by atoms with Gasteiger partial charge < -0.3 is 14.8 Å². The number of rotatable bonds is 32. The van der Waals surface area contributed by atoms with Crippen LogP contribution in [-0.2, 0) is 40.1 Å². The third-order valence-electron chi connectivity index (χ3n) is 10.8. The number of nitrogens with zero attached hydrogens (tertiary/aromatic N) is 2. The lowest BCUT2D eigenvalue weighted by atomic mass is 10.0. The van der Waals surface area contributed by atoms with Crippen molar-refractivity contribution in [3.8, 4) is 0 Å². The summed E-state index contributed by atoms with van der Waals surface area (Å²) in [7, 11) is -16.9. The monoisotopic (exact) mass is 1380 g/mol. The fourth-order valence-electron chi connectivity index (χ4n) is 5.82. The van der Waals surface area contributed by atoms with Gasteiger partial charge in [-0.3, -0.25) is 10.5 Å². The second-order valence-corrected chi connectivity index (χ2v) is 25.2. The van der Waals surface area contributed by atoms with Crippen LogP contribution in [-0.4, -0.2) is 215 Å². The molecule has 0 saturated carbocycles. The highest BCUT2D eigenvalue weighted by Gasteiger charge is 2.75. The topological polar surface area (TPSA) is 251 Å². The minimum atomic E-state index is -6.46. The van der Waals surface area contributed by atoms with E-state index in [0.29, 0.717) is 0 Å². The quantitative estimate of drug-likeness (QED) is 0.0123. The van der Waals surface area contributed by atoms with Gasteiger partial charge in [-0.1, -0.05) is 0 Å². The van der Waals surface area contributed by atoms with E-state index in [0.717, 1.165) is 7.05 Å². The molecule has 17 nitrogen and oxygen atoms in total. The minimum Gasteiger partial charge on any atom is -0.633 e. The van der Waals surface area contributed by atoms with E-state index < -0.39 is 205 Å². The van der Waals surface area contributed by atoms with Crippen LogP contribution in [0.3, 0.4) is 0 Å². The molecule has 0 fully saturated rings. The summed E-state index contributed by atoms with van der Waals surface area (Å²) in [6.07, 6.45) is -62.3. The van der Waals surface area contributed by atoms with Crippen molar-refractivity contribution >= 4 is 40.1 Å². The standard InChI is InChI=1S/C17H25F14N3O5S2.C17H25F14N3O4S2.H2O2/c1-34(35,8-2-6-32-40(36,37)10-4-12(18,14(20,21)22)15(23,24)25)9-3-7-33-41(38,39)11-5-13(19,16(26,27)28)17(29,30)31;1-34(8-2-6-32-39(35,36)10-4-12(18,14(20,21)22)15(23,24)25)9-3-7-33-40(37,38)11-5-13(19,16(26,27)28)17(29,30)31;1-2/h32-33H,2-11H2,1H3;32-33H,2-11H2,1H3;1-2H. The molecule has 0 heterocycles. The Morgan fingerprint density at radius 3 is 0.663 bits per heavy atom. The van der Waals surface area contributed by atoms with E-state index >= 15 is 0 Å². The van der Waals surface area contributed by atoms with Crippen LogP contribution in [0.25, 0.3) is 0 Å². The largest absolute Gasteiger partial charge is 0.633 e. The normalized spacial score (nSPS) is 15.0. The molecule has 0 saturated heterocycles. The Kier molecular flexibility index (Phi) is 31.2. The summed E-state index contributed by atoms with van der Waals surface area (Å²) < 4.78 is 453. The Hall–Kier alpha value is -2.52. The van der Waals surface area contributed by atoms with Crippen LogP contribution < -0.4 is 18.9 Å². The maximum absolute atomic E-state index is 13.6. The lowest BCUT2D eigenvalue weighted by molar-refractivity contribution is -0.860. The molecule has 0 aromatic rings. The van der Waals surface area contributed by atoms with Crippen LogP contribution in [0, 0.1) is 5.21 Å². The summed E-state index contributed by atoms with van der Waals surface area (Å²) >= 11 is 0. The highest BCUT2D eigenvalue weighted by atomic mass is 32.2. The van der Waals surface area contributed by atoms with E-state index in [1.807, 2.05) is 0 Å². The average molecular weight is 1380 g/mol. The second kappa shape index (κ2) is 30.6. The van der Waals surface area contributed by atoms with Crippen LogP contribution >= 0.6 is 0 Å². The van der Waals surface area contributed by atoms with Gasteiger partial charge >= 0.3 is 49.4 Å². The summed E-state index contributed by atoms with van der Waals surface area (Å²) in [6.45, 7) is -3.31. The van der Waals surface area contributed by atoms with Gasteiger partial charge in [0, 0.05) is 64.7 Å². The highest BCUT2D eigenvalue weighted by Crippen LogP contribution is 2.51. The molecule has 0 spiro atoms. The van der Waals surface area contributed by atoms with Gasteiger partial charge in [0.2, 0.25) is 40.1 Å². The lowest BCUT2D eigenvalue weighted by Gasteiger charge is -2.38. The zero-order chi connectivity index (χ0) is 67.0. The Labute approximate surface area is 453 Å². The first-order valence-electron chi connectivity index (χ1n) is 22.0. The Morgan fingerprint density at radius 1 is 0.349 bits per heavy atom. The smallest absolute Gasteiger partial charge is 0.431 e. The van der Waals surface area contributed by atoms with Gasteiger partial charge in [0.1, 0.15) is 0 Å². The average Bonchev–Trinajstić information content (AvgIpc) is 3.27. The molecular formula is C34H52F28N6O11S4. The molecule has 0 atom stereocenters. The van der Waals surface area contributed by atoms with Crippen LogP contribution in [0.2, 0.25) is 0 Å². The van der Waals surface area contributed by atoms with Crippen molar-refractivity contribution in [3.63, 3.8) is 0 Å². The van der Waals surface area contributed by atoms with Crippen LogP contribution in [0.4, 0.5) is 123 Å². The van der Waals surface area contributed by atoms with E-state index in [2.05, 4.69) is 0 Å². The molecule has 0 radical (unpaired) electrons. The van der Waals surface area contributed by atoms with Gasteiger partial charge in [-0.05, 0) is 33.0 Å².